The summed E-state index contributed by atoms with van der Waals surface area (Å²) in [4.78, 5) is 35.4. The minimum Gasteiger partial charge on any atom is -0.478 e. The molecule has 0 radical (unpaired) electrons. The van der Waals surface area contributed by atoms with E-state index in [4.69, 9.17) is 9.84 Å². The summed E-state index contributed by atoms with van der Waals surface area (Å²) in [5.41, 5.74) is 1.68. The van der Waals surface area contributed by atoms with Gasteiger partial charge in [0.05, 0.1) is 12.0 Å². The van der Waals surface area contributed by atoms with E-state index in [1.807, 2.05) is 6.92 Å². The number of carbonyl (C=O) groups excluding carboxylic acids is 2. The van der Waals surface area contributed by atoms with E-state index in [-0.39, 0.29) is 23.8 Å². The van der Waals surface area contributed by atoms with Gasteiger partial charge >= 0.3 is 5.97 Å². The van der Waals surface area contributed by atoms with Gasteiger partial charge in [0, 0.05) is 31.0 Å². The second-order valence-electron chi connectivity index (χ2n) is 6.12. The molecule has 2 rings (SSSR count). The minimum atomic E-state index is -1.04. The van der Waals surface area contributed by atoms with Gasteiger partial charge in [0.1, 0.15) is 0 Å². The molecule has 0 bridgehead atoms. The Kier molecular flexibility index (Phi) is 8.17. The number of amides is 2. The van der Waals surface area contributed by atoms with E-state index in [2.05, 4.69) is 10.6 Å². The SMILES string of the molecule is CCOCCCNC(=O)c1cccc(NC(=O)Cc2cccc(C(=O)O)c2)c1. The number of ether oxygens (including phenoxy) is 1. The van der Waals surface area contributed by atoms with Crippen LogP contribution in [0.5, 0.6) is 0 Å². The van der Waals surface area contributed by atoms with Crippen LogP contribution in [0.2, 0.25) is 0 Å². The van der Waals surface area contributed by atoms with Crippen molar-refractivity contribution in [3.8, 4) is 0 Å². The first-order valence-corrected chi connectivity index (χ1v) is 9.07. The Morgan fingerprint density at radius 3 is 2.54 bits per heavy atom. The monoisotopic (exact) mass is 384 g/mol. The number of hydrogen-bond donors (Lipinski definition) is 3. The summed E-state index contributed by atoms with van der Waals surface area (Å²) in [6.45, 7) is 3.67. The van der Waals surface area contributed by atoms with Gasteiger partial charge in [-0.1, -0.05) is 18.2 Å². The predicted octanol–water partition coefficient (Wildman–Crippen LogP) is 2.72. The second kappa shape index (κ2) is 10.8. The number of anilines is 1. The fourth-order valence-corrected chi connectivity index (χ4v) is 2.57. The molecule has 2 aromatic rings. The maximum Gasteiger partial charge on any atom is 0.335 e. The molecule has 7 nitrogen and oxygen atoms in total. The number of nitrogens with one attached hydrogen (secondary N) is 2. The highest BCUT2D eigenvalue weighted by molar-refractivity contribution is 5.97. The van der Waals surface area contributed by atoms with E-state index in [1.165, 1.54) is 12.1 Å². The predicted molar refractivity (Wildman–Crippen MR) is 106 cm³/mol. The molecule has 7 heteroatoms. The van der Waals surface area contributed by atoms with Crippen molar-refractivity contribution in [3.63, 3.8) is 0 Å². The fraction of sp³-hybridized carbons (Fsp3) is 0.286. The smallest absolute Gasteiger partial charge is 0.335 e. The van der Waals surface area contributed by atoms with Crippen LogP contribution in [0.25, 0.3) is 0 Å². The molecule has 2 amide bonds. The van der Waals surface area contributed by atoms with Gasteiger partial charge in [0.25, 0.3) is 5.91 Å². The summed E-state index contributed by atoms with van der Waals surface area (Å²) in [5, 5.41) is 14.6. The first kappa shape index (κ1) is 21.1. The van der Waals surface area contributed by atoms with Gasteiger partial charge in [0.15, 0.2) is 0 Å². The highest BCUT2D eigenvalue weighted by Gasteiger charge is 2.10. The van der Waals surface area contributed by atoms with Gasteiger partial charge in [-0.25, -0.2) is 4.79 Å². The molecule has 0 fully saturated rings. The van der Waals surface area contributed by atoms with Crippen LogP contribution in [0, 0.1) is 0 Å². The number of hydrogen-bond acceptors (Lipinski definition) is 4. The Balaban J connectivity index is 1.91. The van der Waals surface area contributed by atoms with E-state index in [0.29, 0.717) is 36.6 Å². The molecule has 2 aromatic carbocycles. The zero-order chi connectivity index (χ0) is 20.4. The molecule has 0 unspecified atom stereocenters. The van der Waals surface area contributed by atoms with Gasteiger partial charge < -0.3 is 20.5 Å². The Hall–Kier alpha value is -3.19. The number of carbonyl (C=O) groups is 3. The summed E-state index contributed by atoms with van der Waals surface area (Å²) in [5.74, 6) is -1.55. The fourth-order valence-electron chi connectivity index (χ4n) is 2.57. The lowest BCUT2D eigenvalue weighted by atomic mass is 10.1. The summed E-state index contributed by atoms with van der Waals surface area (Å²) < 4.78 is 5.22. The Morgan fingerprint density at radius 2 is 1.79 bits per heavy atom. The average molecular weight is 384 g/mol. The van der Waals surface area contributed by atoms with Crippen molar-refractivity contribution in [2.75, 3.05) is 25.1 Å². The van der Waals surface area contributed by atoms with Crippen LogP contribution in [0.3, 0.4) is 0 Å². The molecule has 3 N–H and O–H groups in total. The van der Waals surface area contributed by atoms with Crippen molar-refractivity contribution >= 4 is 23.5 Å². The molecule has 0 aliphatic rings. The van der Waals surface area contributed by atoms with Crippen molar-refractivity contribution < 1.29 is 24.2 Å². The summed E-state index contributed by atoms with van der Waals surface area (Å²) in [7, 11) is 0. The molecule has 0 spiro atoms. The lowest BCUT2D eigenvalue weighted by Crippen LogP contribution is -2.25. The maximum absolute atomic E-state index is 12.2. The molecule has 0 saturated carbocycles. The number of benzene rings is 2. The third kappa shape index (κ3) is 6.85. The van der Waals surface area contributed by atoms with Crippen molar-refractivity contribution in [1.82, 2.24) is 5.32 Å². The van der Waals surface area contributed by atoms with Crippen LogP contribution in [-0.2, 0) is 16.0 Å². The van der Waals surface area contributed by atoms with Gasteiger partial charge in [-0.2, -0.15) is 0 Å². The van der Waals surface area contributed by atoms with E-state index in [1.54, 1.807) is 36.4 Å². The zero-order valence-corrected chi connectivity index (χ0v) is 15.7. The van der Waals surface area contributed by atoms with Crippen LogP contribution < -0.4 is 10.6 Å². The number of aromatic carboxylic acids is 1. The van der Waals surface area contributed by atoms with Crippen LogP contribution in [0.4, 0.5) is 5.69 Å². The lowest BCUT2D eigenvalue weighted by Gasteiger charge is -2.09. The Morgan fingerprint density at radius 1 is 1.04 bits per heavy atom. The quantitative estimate of drug-likeness (QED) is 0.546. The largest absolute Gasteiger partial charge is 0.478 e. The van der Waals surface area contributed by atoms with Gasteiger partial charge in [-0.3, -0.25) is 9.59 Å². The van der Waals surface area contributed by atoms with Crippen molar-refractivity contribution in [3.05, 3.63) is 65.2 Å². The third-order valence-corrected chi connectivity index (χ3v) is 3.90. The zero-order valence-electron chi connectivity index (χ0n) is 15.7. The van der Waals surface area contributed by atoms with Crippen molar-refractivity contribution in [2.45, 2.75) is 19.8 Å². The molecule has 0 aromatic heterocycles. The average Bonchev–Trinajstić information content (AvgIpc) is 2.68. The molecule has 0 saturated heterocycles. The molecule has 28 heavy (non-hydrogen) atoms. The maximum atomic E-state index is 12.2. The normalized spacial score (nSPS) is 10.3. The van der Waals surface area contributed by atoms with Gasteiger partial charge in [-0.15, -0.1) is 0 Å². The molecule has 0 aliphatic heterocycles. The van der Waals surface area contributed by atoms with E-state index >= 15 is 0 Å². The molecule has 0 heterocycles. The highest BCUT2D eigenvalue weighted by Crippen LogP contribution is 2.12. The highest BCUT2D eigenvalue weighted by atomic mass is 16.5. The third-order valence-electron chi connectivity index (χ3n) is 3.90. The van der Waals surface area contributed by atoms with E-state index < -0.39 is 5.97 Å². The standard InChI is InChI=1S/C21H24N2O5/c1-2-28-11-5-10-22-20(25)16-7-4-9-18(14-16)23-19(24)13-15-6-3-8-17(12-15)21(26)27/h3-4,6-9,12,14H,2,5,10-11,13H2,1H3,(H,22,25)(H,23,24)(H,26,27). The van der Waals surface area contributed by atoms with E-state index in [9.17, 15) is 14.4 Å². The van der Waals surface area contributed by atoms with Crippen molar-refractivity contribution in [2.24, 2.45) is 0 Å². The number of rotatable bonds is 10. The molecule has 148 valence electrons. The lowest BCUT2D eigenvalue weighted by molar-refractivity contribution is -0.115. The van der Waals surface area contributed by atoms with E-state index in [0.717, 1.165) is 6.42 Å². The molecular weight excluding hydrogens is 360 g/mol. The summed E-state index contributed by atoms with van der Waals surface area (Å²) in [6, 6.07) is 12.9. The van der Waals surface area contributed by atoms with Crippen molar-refractivity contribution in [1.29, 1.82) is 0 Å². The van der Waals surface area contributed by atoms with Crippen LogP contribution in [0.15, 0.2) is 48.5 Å². The molecule has 0 atom stereocenters. The topological polar surface area (TPSA) is 105 Å². The Labute approximate surface area is 163 Å². The van der Waals surface area contributed by atoms with Gasteiger partial charge in [0.2, 0.25) is 5.91 Å². The number of carboxylic acid groups (broad SMARTS) is 1. The minimum absolute atomic E-state index is 0.0367. The summed E-state index contributed by atoms with van der Waals surface area (Å²) in [6.07, 6.45) is 0.764. The number of carboxylic acids is 1. The molecule has 0 aliphatic carbocycles. The Bertz CT molecular complexity index is 835. The summed E-state index contributed by atoms with van der Waals surface area (Å²) >= 11 is 0. The van der Waals surface area contributed by atoms with Crippen LogP contribution in [0.1, 0.15) is 39.6 Å². The first-order chi connectivity index (χ1) is 13.5. The second-order valence-corrected chi connectivity index (χ2v) is 6.12. The van der Waals surface area contributed by atoms with Crippen LogP contribution in [-0.4, -0.2) is 42.6 Å². The molecular formula is C21H24N2O5. The van der Waals surface area contributed by atoms with Crippen LogP contribution >= 0.6 is 0 Å². The van der Waals surface area contributed by atoms with Gasteiger partial charge in [-0.05, 0) is 49.2 Å². The first-order valence-electron chi connectivity index (χ1n) is 9.07.